The summed E-state index contributed by atoms with van der Waals surface area (Å²) in [4.78, 5) is 4.78. The van der Waals surface area contributed by atoms with Gasteiger partial charge in [-0.25, -0.2) is 0 Å². The molecule has 0 aliphatic rings. The normalized spacial score (nSPS) is 10.6. The number of nitrogens with zero attached hydrogens (tertiary/aromatic N) is 1. The average molecular weight is 368 g/mol. The van der Waals surface area contributed by atoms with E-state index in [1.165, 1.54) is 15.4 Å². The van der Waals surface area contributed by atoms with Gasteiger partial charge in [0.25, 0.3) is 0 Å². The van der Waals surface area contributed by atoms with E-state index in [4.69, 9.17) is 0 Å². The van der Waals surface area contributed by atoms with Crippen LogP contribution < -0.4 is 4.90 Å². The van der Waals surface area contributed by atoms with Crippen LogP contribution in [0.15, 0.2) is 119 Å². The zero-order valence-electron chi connectivity index (χ0n) is 15.2. The van der Waals surface area contributed by atoms with E-state index in [1.807, 2.05) is 6.07 Å². The van der Waals surface area contributed by atoms with Gasteiger partial charge in [0.05, 0.1) is 0 Å². The molecule has 0 fully saturated rings. The molecule has 0 radical (unpaired) electrons. The number of rotatable bonds is 5. The first kappa shape index (κ1) is 17.4. The third kappa shape index (κ3) is 4.24. The molecule has 0 N–H and O–H groups in total. The predicted octanol–water partition coefficient (Wildman–Crippen LogP) is 7.62. The molecule has 0 saturated carbocycles. The van der Waals surface area contributed by atoms with Crippen LogP contribution in [-0.2, 0) is 0 Å². The maximum Gasteiger partial charge on any atom is 0.0462 e. The van der Waals surface area contributed by atoms with Crippen molar-refractivity contribution in [2.45, 2.75) is 16.7 Å². The molecule has 2 heteroatoms. The van der Waals surface area contributed by atoms with Gasteiger partial charge < -0.3 is 4.90 Å². The van der Waals surface area contributed by atoms with Crippen molar-refractivity contribution >= 4 is 28.8 Å². The first-order chi connectivity index (χ1) is 13.3. The van der Waals surface area contributed by atoms with Gasteiger partial charge in [-0.1, -0.05) is 65.9 Å². The smallest absolute Gasteiger partial charge is 0.0462 e. The highest BCUT2D eigenvalue weighted by molar-refractivity contribution is 7.99. The van der Waals surface area contributed by atoms with Crippen LogP contribution in [0.25, 0.3) is 0 Å². The molecule has 0 atom stereocenters. The Morgan fingerprint density at radius 2 is 0.926 bits per heavy atom. The number of hydrogen-bond acceptors (Lipinski definition) is 2. The quantitative estimate of drug-likeness (QED) is 0.357. The molecule has 4 aromatic rings. The largest absolute Gasteiger partial charge is 0.311 e. The number of para-hydroxylation sites is 1. The molecule has 4 rings (SSSR count). The molecule has 0 bridgehead atoms. The van der Waals surface area contributed by atoms with E-state index in [0.29, 0.717) is 0 Å². The summed E-state index contributed by atoms with van der Waals surface area (Å²) < 4.78 is 0. The number of aryl methyl sites for hydroxylation is 1. The van der Waals surface area contributed by atoms with Crippen LogP contribution in [0.4, 0.5) is 17.1 Å². The molecular weight excluding hydrogens is 346 g/mol. The first-order valence-corrected chi connectivity index (χ1v) is 9.86. The third-order valence-corrected chi connectivity index (χ3v) is 5.40. The van der Waals surface area contributed by atoms with E-state index in [0.717, 1.165) is 17.1 Å². The Hall–Kier alpha value is -2.97. The molecular formula is C25H21NS. The highest BCUT2D eigenvalue weighted by Crippen LogP contribution is 2.36. The van der Waals surface area contributed by atoms with E-state index in [1.54, 1.807) is 11.8 Å². The number of anilines is 3. The molecule has 0 amide bonds. The van der Waals surface area contributed by atoms with E-state index < -0.39 is 0 Å². The van der Waals surface area contributed by atoms with Crippen LogP contribution in [0.1, 0.15) is 5.56 Å². The molecule has 0 aromatic heterocycles. The summed E-state index contributed by atoms with van der Waals surface area (Å²) in [6.45, 7) is 2.12. The Morgan fingerprint density at radius 1 is 0.481 bits per heavy atom. The van der Waals surface area contributed by atoms with Crippen molar-refractivity contribution in [3.8, 4) is 0 Å². The van der Waals surface area contributed by atoms with Gasteiger partial charge in [-0.05, 0) is 67.6 Å². The maximum absolute atomic E-state index is 2.29. The molecule has 0 aliphatic heterocycles. The zero-order valence-corrected chi connectivity index (χ0v) is 16.1. The van der Waals surface area contributed by atoms with Gasteiger partial charge in [-0.2, -0.15) is 0 Å². The standard InChI is InChI=1S/C25H21NS/c1-20-12-14-22(15-13-20)26(21-8-4-2-5-9-21)23-16-18-25(19-17-23)27-24-10-6-3-7-11-24/h2-19H,1H3. The van der Waals surface area contributed by atoms with Gasteiger partial charge in [0.2, 0.25) is 0 Å². The van der Waals surface area contributed by atoms with Crippen molar-refractivity contribution in [1.82, 2.24) is 0 Å². The highest BCUT2D eigenvalue weighted by Gasteiger charge is 2.12. The zero-order chi connectivity index (χ0) is 18.5. The molecule has 0 unspecified atom stereocenters. The average Bonchev–Trinajstić information content (AvgIpc) is 2.73. The summed E-state index contributed by atoms with van der Waals surface area (Å²) in [6.07, 6.45) is 0. The summed E-state index contributed by atoms with van der Waals surface area (Å²) in [6, 6.07) is 38.4. The lowest BCUT2D eigenvalue weighted by molar-refractivity contribution is 1.26. The molecule has 27 heavy (non-hydrogen) atoms. The van der Waals surface area contributed by atoms with Crippen molar-refractivity contribution in [1.29, 1.82) is 0 Å². The lowest BCUT2D eigenvalue weighted by Gasteiger charge is -2.25. The molecule has 0 spiro atoms. The highest BCUT2D eigenvalue weighted by atomic mass is 32.2. The van der Waals surface area contributed by atoms with E-state index in [-0.39, 0.29) is 0 Å². The summed E-state index contributed by atoms with van der Waals surface area (Å²) in [5.41, 5.74) is 4.74. The topological polar surface area (TPSA) is 3.24 Å². The van der Waals surface area contributed by atoms with E-state index in [2.05, 4.69) is 115 Å². The second kappa shape index (κ2) is 8.15. The lowest BCUT2D eigenvalue weighted by atomic mass is 10.1. The summed E-state index contributed by atoms with van der Waals surface area (Å²) >= 11 is 1.78. The van der Waals surface area contributed by atoms with Crippen LogP contribution in [-0.4, -0.2) is 0 Å². The van der Waals surface area contributed by atoms with Crippen LogP contribution in [0, 0.1) is 6.92 Å². The lowest BCUT2D eigenvalue weighted by Crippen LogP contribution is -2.09. The van der Waals surface area contributed by atoms with Gasteiger partial charge in [0.1, 0.15) is 0 Å². The predicted molar refractivity (Wildman–Crippen MR) is 116 cm³/mol. The molecule has 4 aromatic carbocycles. The summed E-state index contributed by atoms with van der Waals surface area (Å²) in [7, 11) is 0. The fraction of sp³-hybridized carbons (Fsp3) is 0.0400. The molecule has 132 valence electrons. The minimum Gasteiger partial charge on any atom is -0.311 e. The fourth-order valence-corrected chi connectivity index (χ4v) is 3.84. The Labute approximate surface area is 165 Å². The van der Waals surface area contributed by atoms with Crippen molar-refractivity contribution in [3.63, 3.8) is 0 Å². The Morgan fingerprint density at radius 3 is 1.52 bits per heavy atom. The third-order valence-electron chi connectivity index (χ3n) is 4.38. The summed E-state index contributed by atoms with van der Waals surface area (Å²) in [5, 5.41) is 0. The van der Waals surface area contributed by atoms with Gasteiger partial charge in [-0.3, -0.25) is 0 Å². The second-order valence-corrected chi connectivity index (χ2v) is 7.56. The van der Waals surface area contributed by atoms with Crippen LogP contribution in [0.2, 0.25) is 0 Å². The first-order valence-electron chi connectivity index (χ1n) is 9.04. The Kier molecular flexibility index (Phi) is 5.27. The van der Waals surface area contributed by atoms with E-state index >= 15 is 0 Å². The van der Waals surface area contributed by atoms with Crippen molar-refractivity contribution in [2.75, 3.05) is 4.90 Å². The molecule has 0 heterocycles. The van der Waals surface area contributed by atoms with Crippen molar-refractivity contribution < 1.29 is 0 Å². The second-order valence-electron chi connectivity index (χ2n) is 6.42. The van der Waals surface area contributed by atoms with Crippen LogP contribution in [0.5, 0.6) is 0 Å². The molecule has 0 aliphatic carbocycles. The Bertz CT molecular complexity index is 978. The molecule has 1 nitrogen and oxygen atoms in total. The van der Waals surface area contributed by atoms with Crippen LogP contribution in [0.3, 0.4) is 0 Å². The van der Waals surface area contributed by atoms with E-state index in [9.17, 15) is 0 Å². The van der Waals surface area contributed by atoms with Gasteiger partial charge in [-0.15, -0.1) is 0 Å². The van der Waals surface area contributed by atoms with Gasteiger partial charge in [0, 0.05) is 26.9 Å². The SMILES string of the molecule is Cc1ccc(N(c2ccccc2)c2ccc(Sc3ccccc3)cc2)cc1. The minimum absolute atomic E-state index is 1.16. The van der Waals surface area contributed by atoms with Gasteiger partial charge in [0.15, 0.2) is 0 Å². The number of benzene rings is 4. The van der Waals surface area contributed by atoms with Crippen molar-refractivity contribution in [2.24, 2.45) is 0 Å². The number of hydrogen-bond donors (Lipinski definition) is 0. The minimum atomic E-state index is 1.16. The Balaban J connectivity index is 1.67. The van der Waals surface area contributed by atoms with Crippen molar-refractivity contribution in [3.05, 3.63) is 115 Å². The molecule has 0 saturated heterocycles. The fourth-order valence-electron chi connectivity index (χ4n) is 3.01. The monoisotopic (exact) mass is 367 g/mol. The van der Waals surface area contributed by atoms with Crippen LogP contribution >= 0.6 is 11.8 Å². The summed E-state index contributed by atoms with van der Waals surface area (Å²) in [5.74, 6) is 0. The van der Waals surface area contributed by atoms with Gasteiger partial charge >= 0.3 is 0 Å². The maximum atomic E-state index is 2.29.